The molecule has 0 spiro atoms. The minimum Gasteiger partial charge on any atom is -0.381 e. The number of aromatic nitrogens is 1. The molecule has 8 heteroatoms. The highest BCUT2D eigenvalue weighted by Gasteiger charge is 2.29. The lowest BCUT2D eigenvalue weighted by molar-refractivity contribution is 0.107. The number of methoxy groups -OCH3 is 1. The molecule has 1 aromatic rings. The molecule has 1 heterocycles. The summed E-state index contributed by atoms with van der Waals surface area (Å²) in [6.07, 6.45) is 3.86. The van der Waals surface area contributed by atoms with E-state index in [-0.39, 0.29) is 22.2 Å². The number of rotatable bonds is 4. The van der Waals surface area contributed by atoms with Gasteiger partial charge >= 0.3 is 0 Å². The van der Waals surface area contributed by atoms with Crippen LogP contribution in [0.5, 0.6) is 0 Å². The molecule has 19 heavy (non-hydrogen) atoms. The average molecular weight is 370 g/mol. The zero-order chi connectivity index (χ0) is 14.0. The molecule has 1 aromatic heterocycles. The molecule has 1 saturated carbocycles. The maximum Gasteiger partial charge on any atom is 0.243 e. The Morgan fingerprint density at radius 2 is 2.26 bits per heavy atom. The van der Waals surface area contributed by atoms with Gasteiger partial charge in [-0.3, -0.25) is 0 Å². The van der Waals surface area contributed by atoms with Crippen LogP contribution in [0, 0.1) is 0 Å². The molecule has 5 nitrogen and oxygen atoms in total. The van der Waals surface area contributed by atoms with Crippen LogP contribution in [0.2, 0.25) is 5.15 Å². The molecule has 0 aromatic carbocycles. The molecule has 106 valence electrons. The van der Waals surface area contributed by atoms with E-state index >= 15 is 0 Å². The number of nitrogens with zero attached hydrogens (tertiary/aromatic N) is 1. The Bertz CT molecular complexity index is 567. The highest BCUT2D eigenvalue weighted by Crippen LogP contribution is 2.26. The van der Waals surface area contributed by atoms with Gasteiger partial charge in [0, 0.05) is 23.8 Å². The van der Waals surface area contributed by atoms with Gasteiger partial charge in [-0.1, -0.05) is 11.6 Å². The Balaban J connectivity index is 2.17. The van der Waals surface area contributed by atoms with Crippen molar-refractivity contribution in [2.75, 3.05) is 7.11 Å². The predicted octanol–water partition coefficient (Wildman–Crippen LogP) is 2.34. The second-order valence-corrected chi connectivity index (χ2v) is 7.39. The zero-order valence-corrected chi connectivity index (χ0v) is 13.4. The van der Waals surface area contributed by atoms with E-state index in [0.717, 1.165) is 12.8 Å². The van der Waals surface area contributed by atoms with Crippen LogP contribution in [0.15, 0.2) is 21.6 Å². The summed E-state index contributed by atoms with van der Waals surface area (Å²) in [6.45, 7) is 0. The quantitative estimate of drug-likeness (QED) is 0.827. The van der Waals surface area contributed by atoms with Crippen molar-refractivity contribution >= 4 is 37.6 Å². The lowest BCUT2D eigenvalue weighted by Gasteiger charge is -2.14. The van der Waals surface area contributed by atoms with E-state index < -0.39 is 10.0 Å². The fraction of sp³-hybridized carbons (Fsp3) is 0.545. The second kappa shape index (κ2) is 6.05. The van der Waals surface area contributed by atoms with Crippen molar-refractivity contribution in [3.63, 3.8) is 0 Å². The largest absolute Gasteiger partial charge is 0.381 e. The van der Waals surface area contributed by atoms with E-state index in [9.17, 15) is 8.42 Å². The van der Waals surface area contributed by atoms with Crippen LogP contribution in [0.1, 0.15) is 19.3 Å². The van der Waals surface area contributed by atoms with Crippen molar-refractivity contribution in [2.45, 2.75) is 36.3 Å². The van der Waals surface area contributed by atoms with Crippen molar-refractivity contribution in [2.24, 2.45) is 0 Å². The van der Waals surface area contributed by atoms with Gasteiger partial charge in [0.25, 0.3) is 0 Å². The molecule has 2 atom stereocenters. The topological polar surface area (TPSA) is 68.3 Å². The van der Waals surface area contributed by atoms with E-state index in [1.165, 1.54) is 12.3 Å². The van der Waals surface area contributed by atoms with Crippen molar-refractivity contribution in [3.05, 3.63) is 21.9 Å². The average Bonchev–Trinajstić information content (AvgIpc) is 2.79. The lowest BCUT2D eigenvalue weighted by atomic mass is 10.3. The lowest BCUT2D eigenvalue weighted by Crippen LogP contribution is -2.33. The Labute approximate surface area is 125 Å². The zero-order valence-electron chi connectivity index (χ0n) is 10.3. The molecule has 0 bridgehead atoms. The number of ether oxygens (including phenoxy) is 1. The summed E-state index contributed by atoms with van der Waals surface area (Å²) in [4.78, 5) is 3.82. The third-order valence-corrected chi connectivity index (χ3v) is 5.48. The minimum atomic E-state index is -3.66. The smallest absolute Gasteiger partial charge is 0.243 e. The number of halogens is 2. The van der Waals surface area contributed by atoms with Gasteiger partial charge < -0.3 is 4.74 Å². The highest BCUT2D eigenvalue weighted by atomic mass is 79.9. The van der Waals surface area contributed by atoms with Gasteiger partial charge in [-0.15, -0.1) is 0 Å². The molecule has 1 fully saturated rings. The first-order valence-electron chi connectivity index (χ1n) is 5.78. The fourth-order valence-corrected chi connectivity index (χ4v) is 4.36. The maximum absolute atomic E-state index is 12.3. The Kier molecular flexibility index (Phi) is 4.84. The standard InChI is InChI=1S/C11H14BrClN2O3S/c1-18-9-3-2-8(5-9)15-19(16,17)10-4-7(12)6-14-11(10)13/h4,6,8-9,15H,2-3,5H2,1H3. The van der Waals surface area contributed by atoms with E-state index in [4.69, 9.17) is 16.3 Å². The van der Waals surface area contributed by atoms with Crippen LogP contribution in [-0.2, 0) is 14.8 Å². The van der Waals surface area contributed by atoms with Gasteiger partial charge in [0.05, 0.1) is 6.10 Å². The van der Waals surface area contributed by atoms with Crippen molar-refractivity contribution in [3.8, 4) is 0 Å². The van der Waals surface area contributed by atoms with E-state index in [1.54, 1.807) is 7.11 Å². The first kappa shape index (κ1) is 15.2. The summed E-state index contributed by atoms with van der Waals surface area (Å²) in [5, 5.41) is -0.0306. The fourth-order valence-electron chi connectivity index (χ4n) is 2.14. The molecule has 2 rings (SSSR count). The van der Waals surface area contributed by atoms with Crippen LogP contribution in [0.3, 0.4) is 0 Å². The third kappa shape index (κ3) is 3.66. The first-order chi connectivity index (χ1) is 8.92. The summed E-state index contributed by atoms with van der Waals surface area (Å²) < 4.78 is 33.0. The van der Waals surface area contributed by atoms with Crippen LogP contribution in [0.4, 0.5) is 0 Å². The second-order valence-electron chi connectivity index (χ2n) is 4.43. The summed E-state index contributed by atoms with van der Waals surface area (Å²) >= 11 is 9.04. The molecule has 1 aliphatic rings. The van der Waals surface area contributed by atoms with E-state index in [0.29, 0.717) is 10.9 Å². The summed E-state index contributed by atoms with van der Waals surface area (Å²) in [5.41, 5.74) is 0. The minimum absolute atomic E-state index is 0.00981. The van der Waals surface area contributed by atoms with Crippen LogP contribution in [-0.4, -0.2) is 32.7 Å². The van der Waals surface area contributed by atoms with Gasteiger partial charge in [0.2, 0.25) is 10.0 Å². The highest BCUT2D eigenvalue weighted by molar-refractivity contribution is 9.10. The summed E-state index contributed by atoms with van der Waals surface area (Å²) in [7, 11) is -2.02. The van der Waals surface area contributed by atoms with Crippen LogP contribution < -0.4 is 4.72 Å². The molecule has 0 amide bonds. The SMILES string of the molecule is COC1CCC(NS(=O)(=O)c2cc(Br)cnc2Cl)C1. The third-order valence-electron chi connectivity index (χ3n) is 3.10. The number of hydrogen-bond donors (Lipinski definition) is 1. The van der Waals surface area contributed by atoms with Crippen molar-refractivity contribution in [1.82, 2.24) is 9.71 Å². The summed E-state index contributed by atoms with van der Waals surface area (Å²) in [5.74, 6) is 0. The molecule has 2 unspecified atom stereocenters. The molecule has 1 aliphatic carbocycles. The van der Waals surface area contributed by atoms with Gasteiger partial charge in [0.1, 0.15) is 10.0 Å². The molecular formula is C11H14BrClN2O3S. The van der Waals surface area contributed by atoms with Gasteiger partial charge in [-0.2, -0.15) is 0 Å². The normalized spacial score (nSPS) is 23.7. The molecule has 0 saturated heterocycles. The van der Waals surface area contributed by atoms with Crippen LogP contribution in [0.25, 0.3) is 0 Å². The molecule has 0 radical (unpaired) electrons. The molecule has 0 aliphatic heterocycles. The Hall–Kier alpha value is -0.210. The van der Waals surface area contributed by atoms with Crippen LogP contribution >= 0.6 is 27.5 Å². The number of pyridine rings is 1. The number of nitrogens with one attached hydrogen (secondary N) is 1. The predicted molar refractivity (Wildman–Crippen MR) is 75.7 cm³/mol. The van der Waals surface area contributed by atoms with E-state index in [1.807, 2.05) is 0 Å². The molecular weight excluding hydrogens is 356 g/mol. The monoisotopic (exact) mass is 368 g/mol. The number of sulfonamides is 1. The van der Waals surface area contributed by atoms with Crippen molar-refractivity contribution < 1.29 is 13.2 Å². The number of hydrogen-bond acceptors (Lipinski definition) is 4. The first-order valence-corrected chi connectivity index (χ1v) is 8.44. The summed E-state index contributed by atoms with van der Waals surface area (Å²) in [6, 6.07) is 1.32. The molecule has 1 N–H and O–H groups in total. The Morgan fingerprint density at radius 3 is 2.89 bits per heavy atom. The van der Waals surface area contributed by atoms with Crippen molar-refractivity contribution in [1.29, 1.82) is 0 Å². The van der Waals surface area contributed by atoms with Gasteiger partial charge in [-0.05, 0) is 41.3 Å². The van der Waals surface area contributed by atoms with Gasteiger partial charge in [0.15, 0.2) is 0 Å². The van der Waals surface area contributed by atoms with Gasteiger partial charge in [-0.25, -0.2) is 18.1 Å². The Morgan fingerprint density at radius 1 is 1.53 bits per heavy atom. The van der Waals surface area contributed by atoms with E-state index in [2.05, 4.69) is 25.6 Å². The maximum atomic E-state index is 12.3.